The Kier molecular flexibility index (Phi) is 3.55. The van der Waals surface area contributed by atoms with Gasteiger partial charge in [0.25, 0.3) is 0 Å². The van der Waals surface area contributed by atoms with E-state index in [0.29, 0.717) is 0 Å². The second-order valence-electron chi connectivity index (χ2n) is 6.22. The minimum atomic E-state index is -0.526. The van der Waals surface area contributed by atoms with E-state index in [1.807, 2.05) is 11.8 Å². The van der Waals surface area contributed by atoms with Gasteiger partial charge in [0.15, 0.2) is 0 Å². The average molecular weight is 250 g/mol. The lowest BCUT2D eigenvalue weighted by molar-refractivity contribution is 0.0200. The van der Waals surface area contributed by atoms with E-state index in [1.165, 1.54) is 11.1 Å². The van der Waals surface area contributed by atoms with Crippen LogP contribution in [0.4, 0.5) is 0 Å². The molecule has 0 spiro atoms. The maximum Gasteiger partial charge on any atom is 0.0783 e. The zero-order valence-corrected chi connectivity index (χ0v) is 11.8. The number of benzene rings is 1. The van der Waals surface area contributed by atoms with Gasteiger partial charge in [-0.25, -0.2) is 0 Å². The third kappa shape index (κ3) is 3.49. The molecule has 1 atom stereocenters. The first kappa shape index (κ1) is 13.0. The highest BCUT2D eigenvalue weighted by Crippen LogP contribution is 2.40. The minimum absolute atomic E-state index is 0.252. The maximum atomic E-state index is 10.7. The summed E-state index contributed by atoms with van der Waals surface area (Å²) in [4.78, 5) is 0. The molecular weight excluding hydrogens is 228 g/mol. The van der Waals surface area contributed by atoms with Crippen molar-refractivity contribution in [3.8, 4) is 0 Å². The Labute approximate surface area is 109 Å². The van der Waals surface area contributed by atoms with Gasteiger partial charge >= 0.3 is 0 Å². The van der Waals surface area contributed by atoms with Crippen molar-refractivity contribution in [2.75, 3.05) is 11.5 Å². The van der Waals surface area contributed by atoms with Crippen LogP contribution in [-0.2, 0) is 6.42 Å². The second kappa shape index (κ2) is 4.66. The minimum Gasteiger partial charge on any atom is -0.389 e. The molecule has 1 N–H and O–H groups in total. The van der Waals surface area contributed by atoms with Crippen LogP contribution in [0.3, 0.4) is 0 Å². The largest absolute Gasteiger partial charge is 0.389 e. The summed E-state index contributed by atoms with van der Waals surface area (Å²) in [5.41, 5.74) is 2.25. The lowest BCUT2D eigenvalue weighted by atomic mass is 9.79. The Morgan fingerprint density at radius 2 is 1.82 bits per heavy atom. The van der Waals surface area contributed by atoms with Crippen molar-refractivity contribution in [1.29, 1.82) is 0 Å². The quantitative estimate of drug-likeness (QED) is 0.868. The van der Waals surface area contributed by atoms with Crippen molar-refractivity contribution in [3.05, 3.63) is 35.4 Å². The smallest absolute Gasteiger partial charge is 0.0783 e. The third-order valence-corrected chi connectivity index (χ3v) is 5.05. The van der Waals surface area contributed by atoms with Gasteiger partial charge in [-0.1, -0.05) is 43.7 Å². The Morgan fingerprint density at radius 1 is 1.18 bits per heavy atom. The molecule has 0 saturated carbocycles. The second-order valence-corrected chi connectivity index (χ2v) is 7.21. The van der Waals surface area contributed by atoms with Crippen LogP contribution in [0, 0.1) is 12.3 Å². The van der Waals surface area contributed by atoms with E-state index in [0.717, 1.165) is 24.3 Å². The Balaban J connectivity index is 2.09. The molecule has 1 heterocycles. The molecule has 1 aliphatic rings. The molecule has 0 radical (unpaired) electrons. The van der Waals surface area contributed by atoms with Gasteiger partial charge in [-0.2, -0.15) is 11.8 Å². The molecule has 94 valence electrons. The predicted molar refractivity (Wildman–Crippen MR) is 75.6 cm³/mol. The molecule has 1 nitrogen and oxygen atoms in total. The fourth-order valence-electron chi connectivity index (χ4n) is 2.71. The van der Waals surface area contributed by atoms with Crippen molar-refractivity contribution in [2.24, 2.45) is 5.41 Å². The number of aryl methyl sites for hydroxylation is 1. The van der Waals surface area contributed by atoms with Gasteiger partial charge in [0.2, 0.25) is 0 Å². The highest BCUT2D eigenvalue weighted by molar-refractivity contribution is 7.99. The number of thioether (sulfide) groups is 1. The first-order valence-corrected chi connectivity index (χ1v) is 7.40. The average Bonchev–Trinajstić information content (AvgIpc) is 2.19. The van der Waals surface area contributed by atoms with Gasteiger partial charge in [0, 0.05) is 12.2 Å². The maximum absolute atomic E-state index is 10.7. The third-order valence-electron chi connectivity index (χ3n) is 3.32. The van der Waals surface area contributed by atoms with E-state index in [4.69, 9.17) is 0 Å². The lowest BCUT2D eigenvalue weighted by Gasteiger charge is -2.41. The van der Waals surface area contributed by atoms with E-state index < -0.39 is 5.60 Å². The number of hydrogen-bond acceptors (Lipinski definition) is 2. The van der Waals surface area contributed by atoms with Crippen LogP contribution in [0.2, 0.25) is 0 Å². The summed E-state index contributed by atoms with van der Waals surface area (Å²) < 4.78 is 0. The molecule has 0 bridgehead atoms. The van der Waals surface area contributed by atoms with Crippen LogP contribution in [0.25, 0.3) is 0 Å². The van der Waals surface area contributed by atoms with Crippen LogP contribution < -0.4 is 0 Å². The normalized spacial score (nSPS) is 28.0. The first-order chi connectivity index (χ1) is 7.89. The zero-order valence-electron chi connectivity index (χ0n) is 11.0. The predicted octanol–water partition coefficient (Wildman–Crippen LogP) is 3.43. The highest BCUT2D eigenvalue weighted by atomic mass is 32.2. The van der Waals surface area contributed by atoms with Crippen LogP contribution in [-0.4, -0.2) is 22.2 Å². The molecule has 0 aromatic heterocycles. The Morgan fingerprint density at radius 3 is 2.41 bits per heavy atom. The van der Waals surface area contributed by atoms with Gasteiger partial charge in [-0.05, 0) is 30.1 Å². The zero-order chi connectivity index (χ0) is 12.5. The summed E-state index contributed by atoms with van der Waals surface area (Å²) in [7, 11) is 0. The summed E-state index contributed by atoms with van der Waals surface area (Å²) in [5.74, 6) is 2.02. The van der Waals surface area contributed by atoms with Gasteiger partial charge in [-0.15, -0.1) is 0 Å². The summed E-state index contributed by atoms with van der Waals surface area (Å²) in [6.45, 7) is 6.59. The number of hydrogen-bond donors (Lipinski definition) is 1. The van der Waals surface area contributed by atoms with Crippen molar-refractivity contribution in [3.63, 3.8) is 0 Å². The summed E-state index contributed by atoms with van der Waals surface area (Å²) in [6, 6.07) is 8.53. The molecule has 1 aromatic rings. The van der Waals surface area contributed by atoms with E-state index in [1.54, 1.807) is 0 Å². The van der Waals surface area contributed by atoms with Gasteiger partial charge in [0.1, 0.15) is 0 Å². The van der Waals surface area contributed by atoms with E-state index >= 15 is 0 Å². The van der Waals surface area contributed by atoms with Crippen LogP contribution in [0.1, 0.15) is 31.4 Å². The van der Waals surface area contributed by atoms with E-state index in [-0.39, 0.29) is 5.41 Å². The van der Waals surface area contributed by atoms with E-state index in [2.05, 4.69) is 45.0 Å². The Hall–Kier alpha value is -0.470. The highest BCUT2D eigenvalue weighted by Gasteiger charge is 2.38. The molecule has 1 aromatic carbocycles. The van der Waals surface area contributed by atoms with E-state index in [9.17, 15) is 5.11 Å². The summed E-state index contributed by atoms with van der Waals surface area (Å²) >= 11 is 1.88. The number of rotatable bonds is 2. The molecular formula is C15H22OS. The Bertz CT molecular complexity index is 382. The summed E-state index contributed by atoms with van der Waals surface area (Å²) in [6.07, 6.45) is 1.69. The number of aliphatic hydroxyl groups is 1. The van der Waals surface area contributed by atoms with Crippen molar-refractivity contribution in [2.45, 2.75) is 39.2 Å². The molecule has 1 fully saturated rings. The molecule has 1 unspecified atom stereocenters. The SMILES string of the molecule is Cc1ccc(CC2(O)CSCC(C)(C)C2)cc1. The molecule has 0 amide bonds. The first-order valence-electron chi connectivity index (χ1n) is 6.24. The molecule has 0 aliphatic carbocycles. The topological polar surface area (TPSA) is 20.2 Å². The molecule has 2 heteroatoms. The molecule has 17 heavy (non-hydrogen) atoms. The molecule has 1 aliphatic heterocycles. The lowest BCUT2D eigenvalue weighted by Crippen LogP contribution is -2.44. The standard InChI is InChI=1S/C15H22OS/c1-12-4-6-13(7-5-12)8-15(16)9-14(2,3)10-17-11-15/h4-7,16H,8-11H2,1-3H3. The van der Waals surface area contributed by atoms with Gasteiger partial charge in [0.05, 0.1) is 5.60 Å². The summed E-state index contributed by atoms with van der Waals surface area (Å²) in [5, 5.41) is 10.7. The van der Waals surface area contributed by atoms with Crippen molar-refractivity contribution in [1.82, 2.24) is 0 Å². The fraction of sp³-hybridized carbons (Fsp3) is 0.600. The fourth-order valence-corrected chi connectivity index (χ4v) is 4.05. The van der Waals surface area contributed by atoms with Crippen molar-refractivity contribution < 1.29 is 5.11 Å². The van der Waals surface area contributed by atoms with Gasteiger partial charge < -0.3 is 5.11 Å². The van der Waals surface area contributed by atoms with Crippen LogP contribution >= 0.6 is 11.8 Å². The monoisotopic (exact) mass is 250 g/mol. The molecule has 1 saturated heterocycles. The van der Waals surface area contributed by atoms with Crippen LogP contribution in [0.15, 0.2) is 24.3 Å². The van der Waals surface area contributed by atoms with Gasteiger partial charge in [-0.3, -0.25) is 0 Å². The molecule has 2 rings (SSSR count). The van der Waals surface area contributed by atoms with Crippen LogP contribution in [0.5, 0.6) is 0 Å². The van der Waals surface area contributed by atoms with Crippen molar-refractivity contribution >= 4 is 11.8 Å².